The fraction of sp³-hybridized carbons (Fsp3) is 0.345. The summed E-state index contributed by atoms with van der Waals surface area (Å²) in [6.07, 6.45) is 12.2. The molecule has 0 unspecified atom stereocenters. The molecular weight excluding hydrogens is 524 g/mol. The van der Waals surface area contributed by atoms with Gasteiger partial charge in [0.2, 0.25) is 5.91 Å². The number of carbonyl (C=O) groups excluding carboxylic acids is 2. The number of likely N-dealkylation sites (N-methyl/N-ethyl adjacent to an activating group) is 1. The molecule has 4 aromatic rings. The highest BCUT2D eigenvalue weighted by Crippen LogP contribution is 2.36. The molecule has 0 spiro atoms. The number of hydrogen-bond donors (Lipinski definition) is 2. The number of benzene rings is 1. The molecule has 10 nitrogen and oxygen atoms in total. The maximum atomic E-state index is 12.9. The first-order valence-corrected chi connectivity index (χ1v) is 14.3. The van der Waals surface area contributed by atoms with Gasteiger partial charge in [-0.15, -0.1) is 11.3 Å². The van der Waals surface area contributed by atoms with Crippen LogP contribution in [0.15, 0.2) is 55.1 Å². The zero-order valence-electron chi connectivity index (χ0n) is 22.6. The van der Waals surface area contributed by atoms with Gasteiger partial charge in [0.05, 0.1) is 11.4 Å². The number of nitrogens with one attached hydrogen (secondary N) is 1. The van der Waals surface area contributed by atoms with Crippen molar-refractivity contribution < 1.29 is 9.59 Å². The number of thiazole rings is 1. The van der Waals surface area contributed by atoms with Gasteiger partial charge in [-0.3, -0.25) is 19.8 Å². The minimum Gasteiger partial charge on any atom is -0.383 e. The summed E-state index contributed by atoms with van der Waals surface area (Å²) in [5.74, 6) is 0.225. The van der Waals surface area contributed by atoms with Crippen LogP contribution in [0.5, 0.6) is 0 Å². The zero-order valence-corrected chi connectivity index (χ0v) is 23.4. The summed E-state index contributed by atoms with van der Waals surface area (Å²) in [7, 11) is 2.10. The average molecular weight is 557 g/mol. The van der Waals surface area contributed by atoms with Crippen molar-refractivity contribution in [3.63, 3.8) is 0 Å². The van der Waals surface area contributed by atoms with Crippen LogP contribution in [0.3, 0.4) is 0 Å². The highest BCUT2D eigenvalue weighted by Gasteiger charge is 2.29. The summed E-state index contributed by atoms with van der Waals surface area (Å²) in [6, 6.07) is 8.13. The summed E-state index contributed by atoms with van der Waals surface area (Å²) in [5.41, 5.74) is 9.41. The van der Waals surface area contributed by atoms with Gasteiger partial charge in [0.25, 0.3) is 5.91 Å². The van der Waals surface area contributed by atoms with Crippen LogP contribution in [0, 0.1) is 6.92 Å². The molecule has 206 valence electrons. The van der Waals surface area contributed by atoms with Crippen molar-refractivity contribution in [2.75, 3.05) is 37.7 Å². The normalized spacial score (nSPS) is 17.4. The molecule has 1 aliphatic heterocycles. The lowest BCUT2D eigenvalue weighted by Crippen LogP contribution is -2.28. The van der Waals surface area contributed by atoms with Crippen LogP contribution in [-0.2, 0) is 4.79 Å². The number of aromatic nitrogens is 4. The lowest BCUT2D eigenvalue weighted by Gasteiger charge is -2.16. The van der Waals surface area contributed by atoms with Crippen molar-refractivity contribution in [3.8, 4) is 11.1 Å². The second-order valence-corrected chi connectivity index (χ2v) is 11.7. The average Bonchev–Trinajstić information content (AvgIpc) is 3.34. The van der Waals surface area contributed by atoms with Crippen LogP contribution >= 0.6 is 11.3 Å². The third-order valence-corrected chi connectivity index (χ3v) is 8.46. The fourth-order valence-electron chi connectivity index (χ4n) is 5.25. The number of nitrogen functional groups attached to an aromatic ring is 1. The van der Waals surface area contributed by atoms with Crippen LogP contribution in [0.1, 0.15) is 40.5 Å². The van der Waals surface area contributed by atoms with E-state index in [4.69, 9.17) is 5.73 Å². The number of nitrogens with two attached hydrogens (primary N) is 1. The van der Waals surface area contributed by atoms with Gasteiger partial charge in [-0.1, -0.05) is 18.2 Å². The number of likely N-dealkylation sites (tertiary alicyclic amines) is 1. The minimum atomic E-state index is -0.213. The van der Waals surface area contributed by atoms with E-state index in [0.29, 0.717) is 35.6 Å². The van der Waals surface area contributed by atoms with Crippen molar-refractivity contribution in [3.05, 3.63) is 65.6 Å². The third kappa shape index (κ3) is 5.34. The van der Waals surface area contributed by atoms with E-state index in [2.05, 4.69) is 36.8 Å². The topological polar surface area (TPSA) is 122 Å². The molecule has 1 aromatic carbocycles. The van der Waals surface area contributed by atoms with E-state index in [0.717, 1.165) is 40.0 Å². The maximum Gasteiger partial charge on any atom is 0.257 e. The largest absolute Gasteiger partial charge is 0.383 e. The first-order chi connectivity index (χ1) is 19.4. The fourth-order valence-corrected chi connectivity index (χ4v) is 5.91. The van der Waals surface area contributed by atoms with Gasteiger partial charge >= 0.3 is 0 Å². The second-order valence-electron chi connectivity index (χ2n) is 10.5. The van der Waals surface area contributed by atoms with Gasteiger partial charge in [0.1, 0.15) is 17.8 Å². The molecule has 2 amide bonds. The van der Waals surface area contributed by atoms with Crippen molar-refractivity contribution in [2.45, 2.75) is 38.3 Å². The van der Waals surface area contributed by atoms with Gasteiger partial charge < -0.3 is 15.2 Å². The van der Waals surface area contributed by atoms with Crippen LogP contribution in [0.25, 0.3) is 22.2 Å². The molecule has 1 atom stereocenters. The standard InChI is InChI=1S/C29H32N8O2S/c1-18-14-31-29(40-18)34-28(39)20-7-5-19(6-8-20)23-16-37(27-25(23)26(30)32-17-33-27)22-11-13-36(15-22)24(38)4-3-12-35(2)21-9-10-21/h3-8,14,16-17,21-22H,9-13,15H2,1-2H3,(H2,30,32,33)(H,31,34,39)/t22-/m1/s1. The maximum absolute atomic E-state index is 12.9. The first-order valence-electron chi connectivity index (χ1n) is 13.5. The Morgan fingerprint density at radius 2 is 1.98 bits per heavy atom. The molecular formula is C29H32N8O2S. The Balaban J connectivity index is 1.20. The molecule has 3 N–H and O–H groups in total. The molecule has 1 saturated carbocycles. The van der Waals surface area contributed by atoms with Crippen molar-refractivity contribution in [2.24, 2.45) is 0 Å². The van der Waals surface area contributed by atoms with Gasteiger partial charge in [-0.2, -0.15) is 0 Å². The van der Waals surface area contributed by atoms with Crippen molar-refractivity contribution >= 4 is 45.1 Å². The lowest BCUT2D eigenvalue weighted by molar-refractivity contribution is -0.125. The van der Waals surface area contributed by atoms with Crippen LogP contribution in [-0.4, -0.2) is 73.9 Å². The van der Waals surface area contributed by atoms with Crippen LogP contribution in [0.2, 0.25) is 0 Å². The van der Waals surface area contributed by atoms with Gasteiger partial charge in [-0.25, -0.2) is 15.0 Å². The molecule has 4 heterocycles. The monoisotopic (exact) mass is 556 g/mol. The van der Waals surface area contributed by atoms with Crippen molar-refractivity contribution in [1.29, 1.82) is 0 Å². The number of rotatable bonds is 8. The predicted molar refractivity (Wildman–Crippen MR) is 157 cm³/mol. The van der Waals surface area contributed by atoms with E-state index in [1.165, 1.54) is 30.5 Å². The molecule has 1 aliphatic carbocycles. The van der Waals surface area contributed by atoms with E-state index in [9.17, 15) is 9.59 Å². The molecule has 1 saturated heterocycles. The Labute approximate surface area is 236 Å². The molecule has 0 radical (unpaired) electrons. The number of carbonyl (C=O) groups is 2. The quantitative estimate of drug-likeness (QED) is 0.313. The minimum absolute atomic E-state index is 0.0410. The van der Waals surface area contributed by atoms with E-state index in [1.54, 1.807) is 24.4 Å². The Bertz CT molecular complexity index is 1590. The first kappa shape index (κ1) is 26.1. The molecule has 11 heteroatoms. The molecule has 6 rings (SSSR count). The van der Waals surface area contributed by atoms with E-state index in [-0.39, 0.29) is 17.9 Å². The summed E-state index contributed by atoms with van der Waals surface area (Å²) in [5, 5.41) is 4.19. The summed E-state index contributed by atoms with van der Waals surface area (Å²) in [6.45, 7) is 4.02. The molecule has 40 heavy (non-hydrogen) atoms. The SMILES string of the molecule is Cc1cnc(NC(=O)c2ccc(-c3cn([C@@H]4CCN(C(=O)C=CCN(C)C5CC5)C4)c4ncnc(N)c34)cc2)s1. The Morgan fingerprint density at radius 1 is 1.18 bits per heavy atom. The molecule has 2 aliphatic rings. The number of nitrogens with zero attached hydrogens (tertiary/aromatic N) is 6. The number of amides is 2. The highest BCUT2D eigenvalue weighted by molar-refractivity contribution is 7.15. The number of aryl methyl sites for hydroxylation is 1. The van der Waals surface area contributed by atoms with Crippen molar-refractivity contribution in [1.82, 2.24) is 29.3 Å². The van der Waals surface area contributed by atoms with Gasteiger partial charge in [0.15, 0.2) is 5.13 Å². The van der Waals surface area contributed by atoms with Crippen LogP contribution < -0.4 is 11.1 Å². The summed E-state index contributed by atoms with van der Waals surface area (Å²) >= 11 is 1.43. The second kappa shape index (κ2) is 10.8. The van der Waals surface area contributed by atoms with Gasteiger partial charge in [-0.05, 0) is 50.9 Å². The molecule has 3 aromatic heterocycles. The lowest BCUT2D eigenvalue weighted by atomic mass is 10.0. The number of hydrogen-bond acceptors (Lipinski definition) is 8. The smallest absolute Gasteiger partial charge is 0.257 e. The predicted octanol–water partition coefficient (Wildman–Crippen LogP) is 4.12. The third-order valence-electron chi connectivity index (χ3n) is 7.63. The highest BCUT2D eigenvalue weighted by atomic mass is 32.1. The Kier molecular flexibility index (Phi) is 7.07. The Hall–Kier alpha value is -4.09. The van der Waals surface area contributed by atoms with E-state index >= 15 is 0 Å². The molecule has 2 fully saturated rings. The van der Waals surface area contributed by atoms with Crippen LogP contribution in [0.4, 0.5) is 10.9 Å². The zero-order chi connectivity index (χ0) is 27.8. The Morgan fingerprint density at radius 3 is 2.70 bits per heavy atom. The summed E-state index contributed by atoms with van der Waals surface area (Å²) in [4.78, 5) is 43.8. The van der Waals surface area contributed by atoms with E-state index in [1.807, 2.05) is 36.2 Å². The number of anilines is 2. The van der Waals surface area contributed by atoms with Gasteiger partial charge in [0, 0.05) is 60.1 Å². The summed E-state index contributed by atoms with van der Waals surface area (Å²) < 4.78 is 2.12. The molecule has 0 bridgehead atoms. The number of fused-ring (bicyclic) bond motifs is 1. The van der Waals surface area contributed by atoms with E-state index < -0.39 is 0 Å².